The topological polar surface area (TPSA) is 97.2 Å². The normalized spacial score (nSPS) is 10.2. The van der Waals surface area contributed by atoms with E-state index in [9.17, 15) is 4.79 Å². The predicted octanol–water partition coefficient (Wildman–Crippen LogP) is 1.73. The molecule has 0 saturated heterocycles. The summed E-state index contributed by atoms with van der Waals surface area (Å²) < 4.78 is 5.61. The number of hydrogen-bond donors (Lipinski definition) is 2. The van der Waals surface area contributed by atoms with Gasteiger partial charge in [-0.15, -0.1) is 10.2 Å². The van der Waals surface area contributed by atoms with Crippen LogP contribution in [-0.2, 0) is 11.3 Å². The van der Waals surface area contributed by atoms with Crippen molar-refractivity contribution in [3.8, 4) is 5.88 Å². The molecule has 0 aliphatic heterocycles. The lowest BCUT2D eigenvalue weighted by Crippen LogP contribution is -1.99. The van der Waals surface area contributed by atoms with Crippen LogP contribution in [0, 0.1) is 0 Å². The molecule has 0 aliphatic rings. The lowest BCUT2D eigenvalue weighted by atomic mass is 10.3. The van der Waals surface area contributed by atoms with Crippen LogP contribution >= 0.6 is 23.1 Å². The first kappa shape index (κ1) is 14.5. The molecule has 0 amide bonds. The summed E-state index contributed by atoms with van der Waals surface area (Å²) in [5.74, 6) is -0.321. The number of nitrogens with zero attached hydrogens (tertiary/aromatic N) is 3. The van der Waals surface area contributed by atoms with Crippen molar-refractivity contribution in [1.29, 1.82) is 0 Å². The van der Waals surface area contributed by atoms with Gasteiger partial charge in [-0.05, 0) is 5.56 Å². The highest BCUT2D eigenvalue weighted by Crippen LogP contribution is 2.25. The minimum Gasteiger partial charge on any atom is -0.481 e. The van der Waals surface area contributed by atoms with Gasteiger partial charge in [0.15, 0.2) is 4.34 Å². The minimum absolute atomic E-state index is 0.0168. The summed E-state index contributed by atoms with van der Waals surface area (Å²) in [6.45, 7) is 0.565. The quantitative estimate of drug-likeness (QED) is 0.746. The number of rotatable bonds is 7. The molecule has 2 aromatic heterocycles. The summed E-state index contributed by atoms with van der Waals surface area (Å²) in [6, 6.07) is 3.69. The van der Waals surface area contributed by atoms with Crippen LogP contribution in [0.4, 0.5) is 5.13 Å². The maximum Gasteiger partial charge on any atom is 0.313 e. The smallest absolute Gasteiger partial charge is 0.313 e. The fraction of sp³-hybridized carbons (Fsp3) is 0.273. The van der Waals surface area contributed by atoms with E-state index >= 15 is 0 Å². The zero-order valence-corrected chi connectivity index (χ0v) is 12.2. The fourth-order valence-electron chi connectivity index (χ4n) is 1.28. The molecule has 2 rings (SSSR count). The molecule has 2 N–H and O–H groups in total. The Labute approximate surface area is 123 Å². The number of ether oxygens (including phenoxy) is 1. The van der Waals surface area contributed by atoms with Crippen molar-refractivity contribution in [2.75, 3.05) is 18.2 Å². The van der Waals surface area contributed by atoms with Gasteiger partial charge in [-0.2, -0.15) is 0 Å². The van der Waals surface area contributed by atoms with E-state index in [0.29, 0.717) is 21.9 Å². The SMILES string of the molecule is COc1ccc(CNc2nnc(SCC(=O)O)s2)cn1. The summed E-state index contributed by atoms with van der Waals surface area (Å²) in [7, 11) is 1.57. The Hall–Kier alpha value is -1.87. The third-order valence-corrected chi connectivity index (χ3v) is 4.18. The average Bonchev–Trinajstić information content (AvgIpc) is 2.91. The van der Waals surface area contributed by atoms with Gasteiger partial charge in [0, 0.05) is 18.8 Å². The molecule has 0 fully saturated rings. The summed E-state index contributed by atoms with van der Waals surface area (Å²) in [5.41, 5.74) is 0.987. The third kappa shape index (κ3) is 4.35. The highest BCUT2D eigenvalue weighted by atomic mass is 32.2. The molecule has 2 heterocycles. The molecule has 9 heteroatoms. The van der Waals surface area contributed by atoms with Gasteiger partial charge in [-0.25, -0.2) is 4.98 Å². The lowest BCUT2D eigenvalue weighted by molar-refractivity contribution is -0.133. The average molecular weight is 312 g/mol. The van der Waals surface area contributed by atoms with Crippen LogP contribution in [0.25, 0.3) is 0 Å². The van der Waals surface area contributed by atoms with Gasteiger partial charge >= 0.3 is 5.97 Å². The summed E-state index contributed by atoms with van der Waals surface area (Å²) >= 11 is 2.48. The molecule has 20 heavy (non-hydrogen) atoms. The van der Waals surface area contributed by atoms with Crippen molar-refractivity contribution in [2.24, 2.45) is 0 Å². The Morgan fingerprint density at radius 3 is 3.00 bits per heavy atom. The number of thioether (sulfide) groups is 1. The first-order valence-electron chi connectivity index (χ1n) is 5.58. The second-order valence-corrected chi connectivity index (χ2v) is 5.82. The van der Waals surface area contributed by atoms with Crippen molar-refractivity contribution in [3.63, 3.8) is 0 Å². The van der Waals surface area contributed by atoms with Crippen LogP contribution in [0.15, 0.2) is 22.7 Å². The number of methoxy groups -OCH3 is 1. The highest BCUT2D eigenvalue weighted by Gasteiger charge is 2.07. The third-order valence-electron chi connectivity index (χ3n) is 2.18. The zero-order valence-electron chi connectivity index (χ0n) is 10.6. The summed E-state index contributed by atoms with van der Waals surface area (Å²) in [6.07, 6.45) is 1.72. The predicted molar refractivity (Wildman–Crippen MR) is 76.4 cm³/mol. The molecule has 7 nitrogen and oxygen atoms in total. The Morgan fingerprint density at radius 2 is 2.35 bits per heavy atom. The second kappa shape index (κ2) is 7.06. The number of anilines is 1. The van der Waals surface area contributed by atoms with Gasteiger partial charge in [0.2, 0.25) is 11.0 Å². The van der Waals surface area contributed by atoms with E-state index in [1.165, 1.54) is 11.3 Å². The van der Waals surface area contributed by atoms with Gasteiger partial charge in [0.1, 0.15) is 0 Å². The Balaban J connectivity index is 1.85. The number of aromatic nitrogens is 3. The van der Waals surface area contributed by atoms with Crippen LogP contribution in [0.2, 0.25) is 0 Å². The van der Waals surface area contributed by atoms with Crippen molar-refractivity contribution >= 4 is 34.2 Å². The van der Waals surface area contributed by atoms with Crippen molar-refractivity contribution in [1.82, 2.24) is 15.2 Å². The van der Waals surface area contributed by atoms with Crippen molar-refractivity contribution < 1.29 is 14.6 Å². The van der Waals surface area contributed by atoms with Crippen LogP contribution in [0.5, 0.6) is 5.88 Å². The number of pyridine rings is 1. The van der Waals surface area contributed by atoms with E-state index in [1.807, 2.05) is 6.07 Å². The molecule has 0 bridgehead atoms. The molecular formula is C11H12N4O3S2. The number of aliphatic carboxylic acids is 1. The standard InChI is InChI=1S/C11H12N4O3S2/c1-18-8-3-2-7(4-12-8)5-13-10-14-15-11(20-10)19-6-9(16)17/h2-4H,5-6H2,1H3,(H,13,14)(H,16,17). The van der Waals surface area contributed by atoms with Crippen LogP contribution in [-0.4, -0.2) is 39.1 Å². The number of carboxylic acids is 1. The lowest BCUT2D eigenvalue weighted by Gasteiger charge is -2.03. The maximum absolute atomic E-state index is 10.4. The van der Waals surface area contributed by atoms with E-state index in [1.54, 1.807) is 19.4 Å². The molecule has 0 saturated carbocycles. The van der Waals surface area contributed by atoms with E-state index in [4.69, 9.17) is 9.84 Å². The van der Waals surface area contributed by atoms with E-state index in [2.05, 4.69) is 20.5 Å². The minimum atomic E-state index is -0.871. The first-order chi connectivity index (χ1) is 9.67. The van der Waals surface area contributed by atoms with Gasteiger partial charge in [-0.1, -0.05) is 29.2 Å². The number of hydrogen-bond acceptors (Lipinski definition) is 8. The van der Waals surface area contributed by atoms with Crippen LogP contribution < -0.4 is 10.1 Å². The van der Waals surface area contributed by atoms with E-state index < -0.39 is 5.97 Å². The Bertz CT molecular complexity index is 573. The molecule has 0 aromatic carbocycles. The highest BCUT2D eigenvalue weighted by molar-refractivity contribution is 8.01. The molecule has 2 aromatic rings. The van der Waals surface area contributed by atoms with Crippen molar-refractivity contribution in [3.05, 3.63) is 23.9 Å². The molecule has 0 radical (unpaired) electrons. The molecule has 0 atom stereocenters. The van der Waals surface area contributed by atoms with Crippen LogP contribution in [0.3, 0.4) is 0 Å². The van der Waals surface area contributed by atoms with E-state index in [-0.39, 0.29) is 5.75 Å². The number of carboxylic acid groups (broad SMARTS) is 1. The fourth-order valence-corrected chi connectivity index (χ4v) is 2.74. The van der Waals surface area contributed by atoms with Gasteiger partial charge in [-0.3, -0.25) is 4.79 Å². The first-order valence-corrected chi connectivity index (χ1v) is 7.38. The summed E-state index contributed by atoms with van der Waals surface area (Å²) in [5, 5.41) is 20.2. The molecule has 0 unspecified atom stereocenters. The zero-order chi connectivity index (χ0) is 14.4. The van der Waals surface area contributed by atoms with Gasteiger partial charge in [0.25, 0.3) is 0 Å². The summed E-state index contributed by atoms with van der Waals surface area (Å²) in [4.78, 5) is 14.5. The maximum atomic E-state index is 10.4. The van der Waals surface area contributed by atoms with Crippen LogP contribution in [0.1, 0.15) is 5.56 Å². The number of carbonyl (C=O) groups is 1. The largest absolute Gasteiger partial charge is 0.481 e. The van der Waals surface area contributed by atoms with Crippen molar-refractivity contribution in [2.45, 2.75) is 10.9 Å². The molecule has 106 valence electrons. The van der Waals surface area contributed by atoms with Gasteiger partial charge < -0.3 is 15.2 Å². The molecular weight excluding hydrogens is 300 g/mol. The van der Waals surface area contributed by atoms with E-state index in [0.717, 1.165) is 17.3 Å². The van der Waals surface area contributed by atoms with Gasteiger partial charge in [0.05, 0.1) is 12.9 Å². The Morgan fingerprint density at radius 1 is 1.50 bits per heavy atom. The monoisotopic (exact) mass is 312 g/mol. The molecule has 0 aliphatic carbocycles. The molecule has 0 spiro atoms. The Kier molecular flexibility index (Phi) is 5.13. The number of nitrogens with one attached hydrogen (secondary N) is 1. The second-order valence-electron chi connectivity index (χ2n) is 3.62.